The van der Waals surface area contributed by atoms with Crippen LogP contribution >= 0.6 is 0 Å². The van der Waals surface area contributed by atoms with Gasteiger partial charge in [0.2, 0.25) is 0 Å². The van der Waals surface area contributed by atoms with Gasteiger partial charge in [-0.3, -0.25) is 4.79 Å². The average molecular weight is 132 g/mol. The molecule has 0 heterocycles. The zero-order chi connectivity index (χ0) is 7.28. The first-order valence-corrected chi connectivity index (χ1v) is 2.29. The Morgan fingerprint density at radius 3 is 2.56 bits per heavy atom. The Kier molecular flexibility index (Phi) is 3.19. The molecular weight excluding hydrogens is 124 g/mol. The molecule has 0 unspecified atom stereocenters. The van der Waals surface area contributed by atoms with Crippen molar-refractivity contribution in [1.82, 2.24) is 5.32 Å². The van der Waals surface area contributed by atoms with Crippen molar-refractivity contribution >= 4 is 12.0 Å². The minimum Gasteiger partial charge on any atom is -0.440 e. The Bertz CT molecular complexity index is 123. The number of amides is 2. The number of hydrogen-bond donors (Lipinski definition) is 2. The molecule has 2 amide bonds. The highest BCUT2D eigenvalue weighted by Crippen LogP contribution is 1.71. The number of carbonyl (C=O) groups is 2. The summed E-state index contributed by atoms with van der Waals surface area (Å²) in [5.41, 5.74) is 4.55. The second-order valence-electron chi connectivity index (χ2n) is 1.28. The maximum absolute atomic E-state index is 10.3. The third kappa shape index (κ3) is 4.60. The molecule has 0 radical (unpaired) electrons. The van der Waals surface area contributed by atoms with E-state index in [-0.39, 0.29) is 12.5 Å². The number of hydrogen-bond acceptors (Lipinski definition) is 3. The van der Waals surface area contributed by atoms with E-state index in [2.05, 4.69) is 15.8 Å². The van der Waals surface area contributed by atoms with Crippen molar-refractivity contribution in [3.63, 3.8) is 0 Å². The molecule has 3 N–H and O–H groups in total. The molecule has 0 saturated carbocycles. The summed E-state index contributed by atoms with van der Waals surface area (Å²) >= 11 is 0. The molecule has 0 aromatic heterocycles. The third-order valence-corrected chi connectivity index (χ3v) is 0.624. The molecule has 0 aromatic carbocycles. The van der Waals surface area contributed by atoms with Crippen LogP contribution in [0, 0.1) is 0 Å². The number of ether oxygens (including phenoxy) is 1. The predicted octanol–water partition coefficient (Wildman–Crippen LogP) is -1.17. The van der Waals surface area contributed by atoms with E-state index in [1.54, 1.807) is 0 Å². The number of likely N-dealkylation sites (N-methyl/N-ethyl adjacent to an activating group) is 1. The van der Waals surface area contributed by atoms with E-state index >= 15 is 0 Å². The maximum atomic E-state index is 10.3. The van der Waals surface area contributed by atoms with Crippen molar-refractivity contribution in [2.75, 3.05) is 13.7 Å². The van der Waals surface area contributed by atoms with Crippen molar-refractivity contribution < 1.29 is 14.3 Å². The van der Waals surface area contributed by atoms with Gasteiger partial charge in [-0.05, 0) is 0 Å². The maximum Gasteiger partial charge on any atom is 0.405 e. The zero-order valence-electron chi connectivity index (χ0n) is 5.01. The Hall–Kier alpha value is -1.26. The van der Waals surface area contributed by atoms with E-state index in [0.717, 1.165) is 0 Å². The van der Waals surface area contributed by atoms with Crippen LogP contribution in [-0.2, 0) is 9.53 Å². The topological polar surface area (TPSA) is 81.4 Å². The lowest BCUT2D eigenvalue weighted by Crippen LogP contribution is -2.26. The van der Waals surface area contributed by atoms with Gasteiger partial charge in [-0.15, -0.1) is 0 Å². The van der Waals surface area contributed by atoms with Gasteiger partial charge >= 0.3 is 6.09 Å². The van der Waals surface area contributed by atoms with Crippen molar-refractivity contribution in [1.29, 1.82) is 0 Å². The molecule has 0 aliphatic carbocycles. The summed E-state index contributed by atoms with van der Waals surface area (Å²) in [7, 11) is 1.44. The van der Waals surface area contributed by atoms with Gasteiger partial charge in [0, 0.05) is 7.05 Å². The fraction of sp³-hybridized carbons (Fsp3) is 0.500. The van der Waals surface area contributed by atoms with Gasteiger partial charge in [0.05, 0.1) is 0 Å². The number of primary amides is 1. The molecule has 5 nitrogen and oxygen atoms in total. The third-order valence-electron chi connectivity index (χ3n) is 0.624. The monoisotopic (exact) mass is 132 g/mol. The second kappa shape index (κ2) is 3.71. The molecule has 9 heavy (non-hydrogen) atoms. The predicted molar refractivity (Wildman–Crippen MR) is 29.6 cm³/mol. The molecule has 0 rings (SSSR count). The van der Waals surface area contributed by atoms with Crippen molar-refractivity contribution in [3.8, 4) is 0 Å². The molecule has 0 saturated heterocycles. The van der Waals surface area contributed by atoms with Crippen LogP contribution < -0.4 is 11.1 Å². The molecule has 0 bridgehead atoms. The fourth-order valence-corrected chi connectivity index (χ4v) is 0.209. The smallest absolute Gasteiger partial charge is 0.405 e. The van der Waals surface area contributed by atoms with E-state index in [0.29, 0.717) is 0 Å². The van der Waals surface area contributed by atoms with Crippen LogP contribution in [0.15, 0.2) is 0 Å². The summed E-state index contributed by atoms with van der Waals surface area (Å²) in [5, 5.41) is 2.25. The molecule has 0 aliphatic heterocycles. The highest BCUT2D eigenvalue weighted by molar-refractivity contribution is 5.79. The van der Waals surface area contributed by atoms with Gasteiger partial charge in [0.15, 0.2) is 6.61 Å². The first-order valence-electron chi connectivity index (χ1n) is 2.29. The Morgan fingerprint density at radius 2 is 2.22 bits per heavy atom. The lowest BCUT2D eigenvalue weighted by Gasteiger charge is -1.97. The minimum absolute atomic E-state index is 0.314. The van der Waals surface area contributed by atoms with Crippen LogP contribution in [0.3, 0.4) is 0 Å². The minimum atomic E-state index is -0.946. The normalized spacial score (nSPS) is 8.11. The van der Waals surface area contributed by atoms with Crippen LogP contribution in [0.1, 0.15) is 0 Å². The lowest BCUT2D eigenvalue weighted by atomic mass is 10.7. The van der Waals surface area contributed by atoms with Crippen LogP contribution in [-0.4, -0.2) is 25.7 Å². The number of rotatable bonds is 2. The van der Waals surface area contributed by atoms with Gasteiger partial charge in [-0.25, -0.2) is 4.79 Å². The highest BCUT2D eigenvalue weighted by Gasteiger charge is 1.98. The second-order valence-corrected chi connectivity index (χ2v) is 1.28. The molecule has 5 heteroatoms. The van der Waals surface area contributed by atoms with E-state index < -0.39 is 6.09 Å². The Morgan fingerprint density at radius 1 is 1.67 bits per heavy atom. The quantitative estimate of drug-likeness (QED) is 0.496. The zero-order valence-corrected chi connectivity index (χ0v) is 5.01. The number of nitrogens with one attached hydrogen (secondary N) is 1. The van der Waals surface area contributed by atoms with Crippen LogP contribution in [0.5, 0.6) is 0 Å². The molecule has 0 aliphatic rings. The standard InChI is InChI=1S/C4H8N2O3/c1-6-3(7)2-9-4(5)8/h2H2,1H3,(H2,5,8)(H,6,7). The summed E-state index contributed by atoms with van der Waals surface area (Å²) in [5.74, 6) is -0.381. The van der Waals surface area contributed by atoms with E-state index in [1.807, 2.05) is 0 Å². The Balaban J connectivity index is 3.28. The van der Waals surface area contributed by atoms with Gasteiger partial charge in [0.25, 0.3) is 5.91 Å². The molecule has 0 aromatic rings. The Labute approximate surface area is 52.2 Å². The SMILES string of the molecule is CNC(=O)COC(N)=O. The van der Waals surface area contributed by atoms with Crippen molar-refractivity contribution in [2.45, 2.75) is 0 Å². The van der Waals surface area contributed by atoms with Crippen LogP contribution in [0.4, 0.5) is 4.79 Å². The van der Waals surface area contributed by atoms with E-state index in [4.69, 9.17) is 0 Å². The van der Waals surface area contributed by atoms with Crippen LogP contribution in [0.2, 0.25) is 0 Å². The van der Waals surface area contributed by atoms with Crippen molar-refractivity contribution in [2.24, 2.45) is 5.73 Å². The highest BCUT2D eigenvalue weighted by atomic mass is 16.5. The molecular formula is C4H8N2O3. The van der Waals surface area contributed by atoms with Gasteiger partial charge in [-0.2, -0.15) is 0 Å². The van der Waals surface area contributed by atoms with Gasteiger partial charge in [-0.1, -0.05) is 0 Å². The molecule has 52 valence electrons. The van der Waals surface area contributed by atoms with Gasteiger partial charge < -0.3 is 15.8 Å². The van der Waals surface area contributed by atoms with Gasteiger partial charge in [0.1, 0.15) is 0 Å². The molecule has 0 spiro atoms. The number of carbonyl (C=O) groups excluding carboxylic acids is 2. The van der Waals surface area contributed by atoms with E-state index in [1.165, 1.54) is 7.05 Å². The largest absolute Gasteiger partial charge is 0.440 e. The average Bonchev–Trinajstić information content (AvgIpc) is 1.83. The summed E-state index contributed by atoms with van der Waals surface area (Å²) in [6, 6.07) is 0. The first-order chi connectivity index (χ1) is 4.16. The fourth-order valence-electron chi connectivity index (χ4n) is 0.209. The summed E-state index contributed by atoms with van der Waals surface area (Å²) in [6.07, 6.45) is -0.946. The number of nitrogens with two attached hydrogens (primary N) is 1. The summed E-state index contributed by atoms with van der Waals surface area (Å²) < 4.78 is 4.12. The van der Waals surface area contributed by atoms with Crippen molar-refractivity contribution in [3.05, 3.63) is 0 Å². The molecule has 0 atom stereocenters. The van der Waals surface area contributed by atoms with E-state index in [9.17, 15) is 9.59 Å². The van der Waals surface area contributed by atoms with Crippen LogP contribution in [0.25, 0.3) is 0 Å². The lowest BCUT2D eigenvalue weighted by molar-refractivity contribution is -0.123. The summed E-state index contributed by atoms with van der Waals surface area (Å²) in [6.45, 7) is -0.314. The summed E-state index contributed by atoms with van der Waals surface area (Å²) in [4.78, 5) is 20.1. The molecule has 0 fully saturated rings. The first kappa shape index (κ1) is 7.74.